The highest BCUT2D eigenvalue weighted by Gasteiger charge is 1.99. The van der Waals surface area contributed by atoms with Gasteiger partial charge in [-0.3, -0.25) is 9.36 Å². The van der Waals surface area contributed by atoms with Gasteiger partial charge >= 0.3 is 0 Å². The lowest BCUT2D eigenvalue weighted by molar-refractivity contribution is 0.139. The third-order valence-electron chi connectivity index (χ3n) is 1.56. The van der Waals surface area contributed by atoms with E-state index in [1.54, 1.807) is 0 Å². The van der Waals surface area contributed by atoms with Crippen LogP contribution >= 0.6 is 27.5 Å². The SMILES string of the molecule is O=c1c(Br)cncn1CCOCCCl. The second kappa shape index (κ2) is 6.16. The minimum absolute atomic E-state index is 0.102. The maximum Gasteiger partial charge on any atom is 0.267 e. The zero-order valence-electron chi connectivity index (χ0n) is 7.45. The van der Waals surface area contributed by atoms with Crippen molar-refractivity contribution in [3.8, 4) is 0 Å². The molecule has 0 N–H and O–H groups in total. The normalized spacial score (nSPS) is 10.4. The van der Waals surface area contributed by atoms with Crippen molar-refractivity contribution >= 4 is 27.5 Å². The van der Waals surface area contributed by atoms with Crippen LogP contribution in [0.1, 0.15) is 0 Å². The Morgan fingerprint density at radius 1 is 1.57 bits per heavy atom. The molecule has 0 unspecified atom stereocenters. The molecule has 1 aromatic rings. The van der Waals surface area contributed by atoms with Crippen LogP contribution in [0.15, 0.2) is 21.8 Å². The van der Waals surface area contributed by atoms with Crippen LogP contribution in [0.4, 0.5) is 0 Å². The average molecular weight is 282 g/mol. The molecule has 0 fully saturated rings. The van der Waals surface area contributed by atoms with Gasteiger partial charge < -0.3 is 4.74 Å². The summed E-state index contributed by atoms with van der Waals surface area (Å²) >= 11 is 8.54. The van der Waals surface area contributed by atoms with Crippen LogP contribution in [0.5, 0.6) is 0 Å². The molecule has 1 heterocycles. The standard InChI is InChI=1S/C8H10BrClN2O2/c9-7-5-11-6-12(8(7)13)2-4-14-3-1-10/h5-6H,1-4H2. The van der Waals surface area contributed by atoms with Gasteiger partial charge in [-0.15, -0.1) is 11.6 Å². The number of hydrogen-bond acceptors (Lipinski definition) is 3. The summed E-state index contributed by atoms with van der Waals surface area (Å²) in [6.07, 6.45) is 2.95. The van der Waals surface area contributed by atoms with Crippen molar-refractivity contribution in [2.45, 2.75) is 6.54 Å². The fourth-order valence-corrected chi connectivity index (χ4v) is 1.36. The summed E-state index contributed by atoms with van der Waals surface area (Å²) < 4.78 is 7.09. The van der Waals surface area contributed by atoms with Crippen LogP contribution in [0.2, 0.25) is 0 Å². The molecule has 1 aromatic heterocycles. The highest BCUT2D eigenvalue weighted by atomic mass is 79.9. The quantitative estimate of drug-likeness (QED) is 0.603. The largest absolute Gasteiger partial charge is 0.378 e. The molecule has 0 saturated heterocycles. The van der Waals surface area contributed by atoms with E-state index in [2.05, 4.69) is 20.9 Å². The Kier molecular flexibility index (Phi) is 5.14. The van der Waals surface area contributed by atoms with Crippen LogP contribution in [0.25, 0.3) is 0 Å². The van der Waals surface area contributed by atoms with Crippen LogP contribution in [0, 0.1) is 0 Å². The van der Waals surface area contributed by atoms with E-state index in [0.717, 1.165) is 0 Å². The van der Waals surface area contributed by atoms with E-state index in [0.29, 0.717) is 30.1 Å². The van der Waals surface area contributed by atoms with E-state index >= 15 is 0 Å². The van der Waals surface area contributed by atoms with Crippen molar-refractivity contribution in [2.24, 2.45) is 0 Å². The minimum Gasteiger partial charge on any atom is -0.378 e. The topological polar surface area (TPSA) is 44.1 Å². The molecule has 0 amide bonds. The Bertz CT molecular complexity index is 342. The van der Waals surface area contributed by atoms with Gasteiger partial charge in [0.2, 0.25) is 0 Å². The lowest BCUT2D eigenvalue weighted by Gasteiger charge is -2.05. The molecule has 4 nitrogen and oxygen atoms in total. The summed E-state index contributed by atoms with van der Waals surface area (Å²) in [6, 6.07) is 0. The Labute approximate surface area is 95.0 Å². The first-order valence-electron chi connectivity index (χ1n) is 4.09. The molecule has 78 valence electrons. The maximum atomic E-state index is 11.4. The fourth-order valence-electron chi connectivity index (χ4n) is 0.903. The van der Waals surface area contributed by atoms with Gasteiger partial charge in [-0.05, 0) is 15.9 Å². The van der Waals surface area contributed by atoms with Gasteiger partial charge in [-0.1, -0.05) is 0 Å². The van der Waals surface area contributed by atoms with E-state index in [-0.39, 0.29) is 5.56 Å². The van der Waals surface area contributed by atoms with Gasteiger partial charge in [0.05, 0.1) is 26.1 Å². The number of rotatable bonds is 5. The summed E-state index contributed by atoms with van der Waals surface area (Å²) in [5.41, 5.74) is -0.102. The first kappa shape index (κ1) is 11.7. The van der Waals surface area contributed by atoms with Gasteiger partial charge in [-0.25, -0.2) is 4.98 Å². The van der Waals surface area contributed by atoms with Crippen molar-refractivity contribution in [2.75, 3.05) is 19.1 Å². The number of alkyl halides is 1. The zero-order chi connectivity index (χ0) is 10.4. The number of ether oxygens (including phenoxy) is 1. The summed E-state index contributed by atoms with van der Waals surface area (Å²) in [6.45, 7) is 1.45. The van der Waals surface area contributed by atoms with Crippen molar-refractivity contribution in [3.63, 3.8) is 0 Å². The van der Waals surface area contributed by atoms with Crippen molar-refractivity contribution in [1.29, 1.82) is 0 Å². The third kappa shape index (κ3) is 3.40. The molecule has 0 atom stereocenters. The lowest BCUT2D eigenvalue weighted by Crippen LogP contribution is -2.23. The summed E-state index contributed by atoms with van der Waals surface area (Å²) in [4.78, 5) is 15.3. The molecule has 0 spiro atoms. The van der Waals surface area contributed by atoms with Gasteiger partial charge in [0.1, 0.15) is 4.47 Å². The van der Waals surface area contributed by atoms with Crippen molar-refractivity contribution < 1.29 is 4.74 Å². The van der Waals surface area contributed by atoms with Crippen LogP contribution < -0.4 is 5.56 Å². The molecular weight excluding hydrogens is 271 g/mol. The Morgan fingerprint density at radius 2 is 2.36 bits per heavy atom. The predicted octanol–water partition coefficient (Wildman–Crippen LogP) is 1.26. The second-order valence-corrected chi connectivity index (χ2v) is 3.77. The van der Waals surface area contributed by atoms with Gasteiger partial charge in [-0.2, -0.15) is 0 Å². The van der Waals surface area contributed by atoms with Crippen LogP contribution in [-0.2, 0) is 11.3 Å². The first-order chi connectivity index (χ1) is 6.75. The van der Waals surface area contributed by atoms with Gasteiger partial charge in [0.15, 0.2) is 0 Å². The maximum absolute atomic E-state index is 11.4. The van der Waals surface area contributed by atoms with Crippen molar-refractivity contribution in [1.82, 2.24) is 9.55 Å². The van der Waals surface area contributed by atoms with E-state index in [4.69, 9.17) is 16.3 Å². The zero-order valence-corrected chi connectivity index (χ0v) is 9.79. The highest BCUT2D eigenvalue weighted by Crippen LogP contribution is 1.97. The lowest BCUT2D eigenvalue weighted by atomic mass is 10.6. The third-order valence-corrected chi connectivity index (χ3v) is 2.26. The average Bonchev–Trinajstić information content (AvgIpc) is 2.19. The fraction of sp³-hybridized carbons (Fsp3) is 0.500. The van der Waals surface area contributed by atoms with Gasteiger partial charge in [0, 0.05) is 12.1 Å². The van der Waals surface area contributed by atoms with E-state index in [9.17, 15) is 4.79 Å². The molecule has 0 bridgehead atoms. The number of nitrogens with zero attached hydrogens (tertiary/aromatic N) is 2. The molecule has 0 aliphatic rings. The molecule has 0 aromatic carbocycles. The van der Waals surface area contributed by atoms with Gasteiger partial charge in [0.25, 0.3) is 5.56 Å². The van der Waals surface area contributed by atoms with E-state index in [1.165, 1.54) is 17.1 Å². The molecule has 0 aliphatic carbocycles. The Morgan fingerprint density at radius 3 is 3.07 bits per heavy atom. The summed E-state index contributed by atoms with van der Waals surface area (Å²) in [7, 11) is 0. The summed E-state index contributed by atoms with van der Waals surface area (Å²) in [5, 5.41) is 0. The molecule has 6 heteroatoms. The molecule has 0 radical (unpaired) electrons. The summed E-state index contributed by atoms with van der Waals surface area (Å²) in [5.74, 6) is 0.464. The molecule has 14 heavy (non-hydrogen) atoms. The minimum atomic E-state index is -0.102. The van der Waals surface area contributed by atoms with E-state index in [1.807, 2.05) is 0 Å². The second-order valence-electron chi connectivity index (χ2n) is 2.54. The van der Waals surface area contributed by atoms with Crippen LogP contribution in [-0.4, -0.2) is 28.6 Å². The number of aromatic nitrogens is 2. The van der Waals surface area contributed by atoms with Crippen LogP contribution in [0.3, 0.4) is 0 Å². The predicted molar refractivity (Wildman–Crippen MR) is 57.7 cm³/mol. The molecular formula is C8H10BrClN2O2. The first-order valence-corrected chi connectivity index (χ1v) is 5.42. The Balaban J connectivity index is 2.51. The molecule has 1 rings (SSSR count). The monoisotopic (exact) mass is 280 g/mol. The van der Waals surface area contributed by atoms with E-state index < -0.39 is 0 Å². The molecule has 0 saturated carbocycles. The Hall–Kier alpha value is -0.390. The van der Waals surface area contributed by atoms with Crippen molar-refractivity contribution in [3.05, 3.63) is 27.4 Å². The number of halogens is 2. The highest BCUT2D eigenvalue weighted by molar-refractivity contribution is 9.10. The smallest absolute Gasteiger partial charge is 0.267 e. The number of hydrogen-bond donors (Lipinski definition) is 0. The molecule has 0 aliphatic heterocycles.